The van der Waals surface area contributed by atoms with Crippen molar-refractivity contribution in [2.45, 2.75) is 39.7 Å². The first-order chi connectivity index (χ1) is 8.45. The number of hydrogen-bond donors (Lipinski definition) is 2. The van der Waals surface area contributed by atoms with Crippen molar-refractivity contribution in [2.24, 2.45) is 0 Å². The lowest BCUT2D eigenvalue weighted by Gasteiger charge is -2.27. The highest BCUT2D eigenvalue weighted by Gasteiger charge is 2.22. The maximum atomic E-state index is 11.8. The molecule has 3 nitrogen and oxygen atoms in total. The van der Waals surface area contributed by atoms with Gasteiger partial charge in [0.2, 0.25) is 5.91 Å². The van der Waals surface area contributed by atoms with E-state index in [1.807, 2.05) is 13.8 Å². The molecule has 2 N–H and O–H groups in total. The second-order valence-electron chi connectivity index (χ2n) is 5.22. The molecule has 0 saturated heterocycles. The zero-order chi connectivity index (χ0) is 13.6. The molecule has 18 heavy (non-hydrogen) atoms. The summed E-state index contributed by atoms with van der Waals surface area (Å²) in [5.74, 6) is 0.0361. The molecule has 0 aliphatic carbocycles. The minimum Gasteiger partial charge on any atom is -0.346 e. The van der Waals surface area contributed by atoms with E-state index in [1.165, 1.54) is 5.56 Å². The van der Waals surface area contributed by atoms with Gasteiger partial charge in [-0.2, -0.15) is 0 Å². The Bertz CT molecular complexity index is 382. The molecule has 1 aromatic carbocycles. The Morgan fingerprint density at radius 3 is 2.39 bits per heavy atom. The molecule has 0 bridgehead atoms. The predicted octanol–water partition coefficient (Wildman–Crippen LogP) is 2.35. The molecule has 0 aliphatic heterocycles. The number of benzene rings is 1. The van der Waals surface area contributed by atoms with Crippen LogP contribution < -0.4 is 10.6 Å². The summed E-state index contributed by atoms with van der Waals surface area (Å²) in [6, 6.07) is 8.27. The lowest BCUT2D eigenvalue weighted by atomic mass is 9.93. The van der Waals surface area contributed by atoms with E-state index < -0.39 is 0 Å². The Balaban J connectivity index is 2.58. The highest BCUT2D eigenvalue weighted by atomic mass is 16.2. The average molecular weight is 248 g/mol. The van der Waals surface area contributed by atoms with Crippen LogP contribution in [-0.4, -0.2) is 19.0 Å². The van der Waals surface area contributed by atoms with Crippen LogP contribution in [0.25, 0.3) is 0 Å². The van der Waals surface area contributed by atoms with E-state index in [-0.39, 0.29) is 11.4 Å². The molecule has 0 aromatic heterocycles. The fourth-order valence-electron chi connectivity index (χ4n) is 1.81. The first-order valence-electron chi connectivity index (χ1n) is 6.54. The van der Waals surface area contributed by atoms with Crippen LogP contribution in [0.3, 0.4) is 0 Å². The Hall–Kier alpha value is -1.35. The summed E-state index contributed by atoms with van der Waals surface area (Å²) in [7, 11) is 0. The molecule has 0 spiro atoms. The van der Waals surface area contributed by atoms with E-state index in [4.69, 9.17) is 0 Å². The van der Waals surface area contributed by atoms with Crippen LogP contribution in [-0.2, 0) is 10.3 Å². The number of rotatable bonds is 6. The van der Waals surface area contributed by atoms with Crippen LogP contribution in [0.5, 0.6) is 0 Å². The van der Waals surface area contributed by atoms with Crippen molar-refractivity contribution in [1.82, 2.24) is 10.6 Å². The molecule has 1 aromatic rings. The predicted molar refractivity (Wildman–Crippen MR) is 75.5 cm³/mol. The second-order valence-corrected chi connectivity index (χ2v) is 5.22. The van der Waals surface area contributed by atoms with Gasteiger partial charge >= 0.3 is 0 Å². The Morgan fingerprint density at radius 2 is 1.83 bits per heavy atom. The molecular weight excluding hydrogens is 224 g/mol. The summed E-state index contributed by atoms with van der Waals surface area (Å²) in [6.07, 6.45) is 1.04. The van der Waals surface area contributed by atoms with E-state index in [2.05, 4.69) is 48.7 Å². The van der Waals surface area contributed by atoms with Crippen molar-refractivity contribution in [1.29, 1.82) is 0 Å². The number of carbonyl (C=O) groups is 1. The summed E-state index contributed by atoms with van der Waals surface area (Å²) < 4.78 is 0. The van der Waals surface area contributed by atoms with Crippen molar-refractivity contribution < 1.29 is 4.79 Å². The zero-order valence-corrected chi connectivity index (χ0v) is 11.8. The monoisotopic (exact) mass is 248 g/mol. The summed E-state index contributed by atoms with van der Waals surface area (Å²) in [4.78, 5) is 11.8. The molecule has 1 rings (SSSR count). The van der Waals surface area contributed by atoms with Gasteiger partial charge in [0.25, 0.3) is 0 Å². The highest BCUT2D eigenvalue weighted by molar-refractivity contribution is 5.79. The van der Waals surface area contributed by atoms with Crippen LogP contribution in [0.1, 0.15) is 38.3 Å². The molecule has 100 valence electrons. The molecule has 0 fully saturated rings. The van der Waals surface area contributed by atoms with Crippen molar-refractivity contribution in [2.75, 3.05) is 13.1 Å². The van der Waals surface area contributed by atoms with Gasteiger partial charge in [0.1, 0.15) is 0 Å². The van der Waals surface area contributed by atoms with Gasteiger partial charge in [-0.1, -0.05) is 36.8 Å². The Labute approximate surface area is 110 Å². The average Bonchev–Trinajstić information content (AvgIpc) is 2.29. The third kappa shape index (κ3) is 4.49. The van der Waals surface area contributed by atoms with Crippen molar-refractivity contribution >= 4 is 5.91 Å². The third-order valence-electron chi connectivity index (χ3n) is 2.94. The molecule has 0 atom stereocenters. The zero-order valence-electron chi connectivity index (χ0n) is 11.8. The molecule has 3 heteroatoms. The van der Waals surface area contributed by atoms with Crippen molar-refractivity contribution in [3.8, 4) is 0 Å². The number of nitrogens with one attached hydrogen (secondary N) is 2. The van der Waals surface area contributed by atoms with E-state index in [9.17, 15) is 4.79 Å². The van der Waals surface area contributed by atoms with Crippen LogP contribution in [0.4, 0.5) is 0 Å². The van der Waals surface area contributed by atoms with Crippen LogP contribution in [0, 0.1) is 6.92 Å². The van der Waals surface area contributed by atoms with Gasteiger partial charge in [-0.05, 0) is 39.3 Å². The molecule has 0 radical (unpaired) electrons. The fraction of sp³-hybridized carbons (Fsp3) is 0.533. The molecule has 0 heterocycles. The first-order valence-corrected chi connectivity index (χ1v) is 6.54. The van der Waals surface area contributed by atoms with Crippen molar-refractivity contribution in [3.05, 3.63) is 35.4 Å². The summed E-state index contributed by atoms with van der Waals surface area (Å²) in [5.41, 5.74) is 2.01. The minimum absolute atomic E-state index is 0.0361. The lowest BCUT2D eigenvalue weighted by molar-refractivity contribution is -0.121. The SMILES string of the molecule is CCCNCC(=O)NC(C)(C)c1ccc(C)cc1. The summed E-state index contributed by atoms with van der Waals surface area (Å²) in [5, 5.41) is 6.16. The second kappa shape index (κ2) is 6.55. The van der Waals surface area contributed by atoms with Gasteiger partial charge in [-0.15, -0.1) is 0 Å². The van der Waals surface area contributed by atoms with Crippen LogP contribution >= 0.6 is 0 Å². The van der Waals surface area contributed by atoms with Gasteiger partial charge in [0.15, 0.2) is 0 Å². The highest BCUT2D eigenvalue weighted by Crippen LogP contribution is 2.20. The quantitative estimate of drug-likeness (QED) is 0.759. The van der Waals surface area contributed by atoms with Crippen molar-refractivity contribution in [3.63, 3.8) is 0 Å². The number of hydrogen-bond acceptors (Lipinski definition) is 2. The fourth-order valence-corrected chi connectivity index (χ4v) is 1.81. The van der Waals surface area contributed by atoms with E-state index in [0.717, 1.165) is 18.5 Å². The van der Waals surface area contributed by atoms with E-state index in [0.29, 0.717) is 6.54 Å². The molecule has 0 unspecified atom stereocenters. The van der Waals surface area contributed by atoms with Crippen LogP contribution in [0.15, 0.2) is 24.3 Å². The normalized spacial score (nSPS) is 11.3. The van der Waals surface area contributed by atoms with E-state index >= 15 is 0 Å². The maximum Gasteiger partial charge on any atom is 0.234 e. The molecule has 0 aliphatic rings. The van der Waals surface area contributed by atoms with Gasteiger partial charge in [-0.25, -0.2) is 0 Å². The lowest BCUT2D eigenvalue weighted by Crippen LogP contribution is -2.45. The number of amides is 1. The van der Waals surface area contributed by atoms with Gasteiger partial charge in [0, 0.05) is 0 Å². The largest absolute Gasteiger partial charge is 0.346 e. The topological polar surface area (TPSA) is 41.1 Å². The van der Waals surface area contributed by atoms with Gasteiger partial charge in [0.05, 0.1) is 12.1 Å². The molecule has 1 amide bonds. The van der Waals surface area contributed by atoms with Crippen LogP contribution in [0.2, 0.25) is 0 Å². The summed E-state index contributed by atoms with van der Waals surface area (Å²) in [6.45, 7) is 9.44. The molecular formula is C15H24N2O. The minimum atomic E-state index is -0.335. The number of carbonyl (C=O) groups excluding carboxylic acids is 1. The van der Waals surface area contributed by atoms with Gasteiger partial charge in [-0.3, -0.25) is 4.79 Å². The van der Waals surface area contributed by atoms with Gasteiger partial charge < -0.3 is 10.6 Å². The van der Waals surface area contributed by atoms with E-state index in [1.54, 1.807) is 0 Å². The Morgan fingerprint density at radius 1 is 1.22 bits per heavy atom. The number of aryl methyl sites for hydroxylation is 1. The summed E-state index contributed by atoms with van der Waals surface area (Å²) >= 11 is 0. The third-order valence-corrected chi connectivity index (χ3v) is 2.94. The standard InChI is InChI=1S/C15H24N2O/c1-5-10-16-11-14(18)17-15(3,4)13-8-6-12(2)7-9-13/h6-9,16H,5,10-11H2,1-4H3,(H,17,18). The maximum absolute atomic E-state index is 11.8. The molecule has 0 saturated carbocycles. The Kier molecular flexibility index (Phi) is 5.35. The smallest absolute Gasteiger partial charge is 0.234 e. The first kappa shape index (κ1) is 14.7.